The zero-order valence-corrected chi connectivity index (χ0v) is 28.8. The largest absolute Gasteiger partial charge is 0.506 e. The number of ether oxygens (including phenoxy) is 2. The summed E-state index contributed by atoms with van der Waals surface area (Å²) in [5.41, 5.74) is 3.43. The number of aromatic nitrogens is 2. The van der Waals surface area contributed by atoms with Crippen LogP contribution in [0.4, 0.5) is 0 Å². The molecular formula is C37H40N4O6S2. The van der Waals surface area contributed by atoms with Crippen molar-refractivity contribution in [3.8, 4) is 22.1 Å². The standard InChI is InChI=1S/C37H40N4O6S2/c42-30(28-13-14-31(43)32-33(28)49-36(45)39-32)8-4-5-25-9-11-27(12-10-25)46-21-19-40-17-15-37(16-18-40)24-41(20-22-47-37)35(44)29-23-48-34(38-29)26-6-2-1-3-7-26/h1-3,6-7,9-14,23,30,42-43H,4-5,8,15-22,24H2,(H,39,45)/t30-/m0/s1. The second-order valence-electron chi connectivity index (χ2n) is 12.8. The van der Waals surface area contributed by atoms with Crippen LogP contribution >= 0.6 is 22.7 Å². The molecule has 256 valence electrons. The van der Waals surface area contributed by atoms with Gasteiger partial charge in [-0.25, -0.2) is 4.98 Å². The van der Waals surface area contributed by atoms with Crippen LogP contribution in [0.1, 0.15) is 53.4 Å². The number of hydrogen-bond donors (Lipinski definition) is 3. The number of hydrogen-bond acceptors (Lipinski definition) is 10. The van der Waals surface area contributed by atoms with E-state index in [1.54, 1.807) is 6.07 Å². The average molecular weight is 701 g/mol. The van der Waals surface area contributed by atoms with E-state index in [4.69, 9.17) is 9.47 Å². The minimum Gasteiger partial charge on any atom is -0.506 e. The predicted molar refractivity (Wildman–Crippen MR) is 192 cm³/mol. The summed E-state index contributed by atoms with van der Waals surface area (Å²) in [5, 5.41) is 23.5. The Bertz CT molecular complexity index is 1930. The van der Waals surface area contributed by atoms with E-state index in [0.717, 1.165) is 78.5 Å². The van der Waals surface area contributed by atoms with E-state index in [-0.39, 0.29) is 22.1 Å². The van der Waals surface area contributed by atoms with Gasteiger partial charge in [0.1, 0.15) is 34.3 Å². The number of likely N-dealkylation sites (tertiary alicyclic amines) is 1. The third kappa shape index (κ3) is 7.73. The van der Waals surface area contributed by atoms with E-state index in [1.165, 1.54) is 17.4 Å². The number of nitrogens with one attached hydrogen (secondary N) is 1. The van der Waals surface area contributed by atoms with Crippen molar-refractivity contribution in [3.63, 3.8) is 0 Å². The van der Waals surface area contributed by atoms with Gasteiger partial charge >= 0.3 is 4.87 Å². The SMILES string of the molecule is O=C(c1csc(-c2ccccc2)n1)N1CCOC2(CCN(CCOc3ccc(CCC[C@H](O)c4ccc(O)c5[nH]c(=O)sc45)cc3)CC2)C1. The van der Waals surface area contributed by atoms with Gasteiger partial charge in [-0.3, -0.25) is 14.5 Å². The lowest BCUT2D eigenvalue weighted by Gasteiger charge is -2.47. The molecule has 0 bridgehead atoms. The Morgan fingerprint density at radius 3 is 2.65 bits per heavy atom. The number of aliphatic hydroxyl groups excluding tert-OH is 1. The number of phenols is 1. The molecule has 0 aliphatic carbocycles. The Morgan fingerprint density at radius 2 is 1.86 bits per heavy atom. The van der Waals surface area contributed by atoms with Crippen molar-refractivity contribution >= 4 is 38.8 Å². The van der Waals surface area contributed by atoms with Gasteiger partial charge in [0.25, 0.3) is 5.91 Å². The number of aryl methyl sites for hydroxylation is 1. The molecule has 2 aromatic heterocycles. The van der Waals surface area contributed by atoms with Gasteiger partial charge in [-0.15, -0.1) is 11.3 Å². The molecular weight excluding hydrogens is 661 g/mol. The van der Waals surface area contributed by atoms with Gasteiger partial charge in [-0.1, -0.05) is 59.9 Å². The first-order valence-corrected chi connectivity index (χ1v) is 18.5. The molecule has 0 unspecified atom stereocenters. The van der Waals surface area contributed by atoms with E-state index in [9.17, 15) is 19.8 Å². The Balaban J connectivity index is 0.828. The molecule has 1 atom stereocenters. The normalized spacial score (nSPS) is 17.0. The van der Waals surface area contributed by atoms with Crippen LogP contribution in [-0.2, 0) is 11.2 Å². The van der Waals surface area contributed by atoms with Crippen LogP contribution in [0.15, 0.2) is 76.9 Å². The number of aromatic amines is 1. The lowest BCUT2D eigenvalue weighted by Crippen LogP contribution is -2.58. The summed E-state index contributed by atoms with van der Waals surface area (Å²) in [7, 11) is 0. The molecule has 0 radical (unpaired) electrons. The van der Waals surface area contributed by atoms with Crippen molar-refractivity contribution in [2.75, 3.05) is 45.9 Å². The van der Waals surface area contributed by atoms with E-state index in [2.05, 4.69) is 27.0 Å². The van der Waals surface area contributed by atoms with Crippen LogP contribution in [0.3, 0.4) is 0 Å². The molecule has 3 N–H and O–H groups in total. The molecule has 10 nitrogen and oxygen atoms in total. The average Bonchev–Trinajstić information content (AvgIpc) is 3.78. The van der Waals surface area contributed by atoms with Crippen LogP contribution in [0.25, 0.3) is 20.8 Å². The first kappa shape index (κ1) is 33.4. The molecule has 49 heavy (non-hydrogen) atoms. The Morgan fingerprint density at radius 1 is 1.06 bits per heavy atom. The number of fused-ring (bicyclic) bond motifs is 1. The second kappa shape index (κ2) is 14.8. The molecule has 1 spiro atoms. The Kier molecular flexibility index (Phi) is 10.1. The summed E-state index contributed by atoms with van der Waals surface area (Å²) in [6.07, 6.45) is 3.15. The summed E-state index contributed by atoms with van der Waals surface area (Å²) in [4.78, 5) is 36.5. The minimum atomic E-state index is -0.717. The number of aliphatic hydroxyl groups is 1. The lowest BCUT2D eigenvalue weighted by molar-refractivity contribution is -0.127. The summed E-state index contributed by atoms with van der Waals surface area (Å²) >= 11 is 2.51. The number of aromatic hydroxyl groups is 1. The molecule has 2 fully saturated rings. The summed E-state index contributed by atoms with van der Waals surface area (Å²) in [6.45, 7) is 4.91. The van der Waals surface area contributed by atoms with E-state index >= 15 is 0 Å². The minimum absolute atomic E-state index is 0.0112. The molecule has 5 aromatic rings. The fourth-order valence-corrected chi connectivity index (χ4v) is 8.47. The third-order valence-electron chi connectivity index (χ3n) is 9.54. The first-order chi connectivity index (χ1) is 23.9. The molecule has 2 aliphatic rings. The van der Waals surface area contributed by atoms with Crippen molar-refractivity contribution in [1.82, 2.24) is 19.8 Å². The number of amides is 1. The Hall–Kier alpha value is -4.07. The smallest absolute Gasteiger partial charge is 0.305 e. The maximum Gasteiger partial charge on any atom is 0.305 e. The maximum atomic E-state index is 13.4. The van der Waals surface area contributed by atoms with Crippen molar-refractivity contribution in [2.24, 2.45) is 0 Å². The van der Waals surface area contributed by atoms with Gasteiger partial charge in [-0.2, -0.15) is 0 Å². The molecule has 1 amide bonds. The molecule has 12 heteroatoms. The number of piperidine rings is 1. The van der Waals surface area contributed by atoms with Crippen molar-refractivity contribution < 1.29 is 24.5 Å². The molecule has 7 rings (SSSR count). The topological polar surface area (TPSA) is 128 Å². The maximum absolute atomic E-state index is 13.4. The molecule has 2 saturated heterocycles. The van der Waals surface area contributed by atoms with E-state index in [1.807, 2.05) is 52.7 Å². The Labute approximate surface area is 292 Å². The number of carbonyl (C=O) groups is 1. The number of morpholine rings is 1. The van der Waals surface area contributed by atoms with Crippen LogP contribution in [0.2, 0.25) is 0 Å². The lowest BCUT2D eigenvalue weighted by atomic mass is 9.89. The fourth-order valence-electron chi connectivity index (χ4n) is 6.75. The molecule has 4 heterocycles. The van der Waals surface area contributed by atoms with Gasteiger partial charge in [0.2, 0.25) is 0 Å². The highest BCUT2D eigenvalue weighted by atomic mass is 32.1. The van der Waals surface area contributed by atoms with Crippen molar-refractivity contribution in [2.45, 2.75) is 43.8 Å². The van der Waals surface area contributed by atoms with Crippen LogP contribution in [0, 0.1) is 0 Å². The van der Waals surface area contributed by atoms with Crippen LogP contribution < -0.4 is 9.61 Å². The van der Waals surface area contributed by atoms with E-state index in [0.29, 0.717) is 54.2 Å². The monoisotopic (exact) mass is 700 g/mol. The molecule has 2 aliphatic heterocycles. The highest BCUT2D eigenvalue weighted by Gasteiger charge is 2.41. The van der Waals surface area contributed by atoms with Gasteiger partial charge in [-0.05, 0) is 55.9 Å². The van der Waals surface area contributed by atoms with Crippen molar-refractivity contribution in [3.05, 3.63) is 98.6 Å². The summed E-state index contributed by atoms with van der Waals surface area (Å²) < 4.78 is 13.0. The van der Waals surface area contributed by atoms with Gasteiger partial charge in [0, 0.05) is 42.7 Å². The number of carbonyl (C=O) groups excluding carboxylic acids is 1. The number of phenolic OH excluding ortho intramolecular Hbond substituents is 1. The number of H-pyrrole nitrogens is 1. The van der Waals surface area contributed by atoms with Gasteiger partial charge in [0.05, 0.1) is 29.6 Å². The first-order valence-electron chi connectivity index (χ1n) is 16.8. The highest BCUT2D eigenvalue weighted by molar-refractivity contribution is 7.16. The van der Waals surface area contributed by atoms with Crippen LogP contribution in [0.5, 0.6) is 11.5 Å². The summed E-state index contributed by atoms with van der Waals surface area (Å²) in [6, 6.07) is 21.3. The molecule has 0 saturated carbocycles. The quantitative estimate of drug-likeness (QED) is 0.156. The fraction of sp³-hybridized carbons (Fsp3) is 0.378. The number of rotatable bonds is 11. The number of benzene rings is 3. The zero-order valence-electron chi connectivity index (χ0n) is 27.2. The van der Waals surface area contributed by atoms with Gasteiger partial charge in [0.15, 0.2) is 0 Å². The summed E-state index contributed by atoms with van der Waals surface area (Å²) in [5.74, 6) is 0.818. The van der Waals surface area contributed by atoms with E-state index < -0.39 is 6.10 Å². The second-order valence-corrected chi connectivity index (χ2v) is 14.6. The molecule has 3 aromatic carbocycles. The van der Waals surface area contributed by atoms with Gasteiger partial charge < -0.3 is 29.6 Å². The number of nitrogens with zero attached hydrogens (tertiary/aromatic N) is 3. The number of thiazole rings is 2. The highest BCUT2D eigenvalue weighted by Crippen LogP contribution is 2.34. The zero-order chi connectivity index (χ0) is 33.8. The van der Waals surface area contributed by atoms with Crippen LogP contribution in [-0.4, -0.2) is 87.4 Å². The predicted octanol–water partition coefficient (Wildman–Crippen LogP) is 5.86. The van der Waals surface area contributed by atoms with Crippen molar-refractivity contribution in [1.29, 1.82) is 0 Å². The third-order valence-corrected chi connectivity index (χ3v) is 11.4.